The van der Waals surface area contributed by atoms with E-state index < -0.39 is 0 Å². The zero-order chi connectivity index (χ0) is 22.2. The second-order valence-corrected chi connectivity index (χ2v) is 7.06. The maximum Gasteiger partial charge on any atom is 0.319 e. The summed E-state index contributed by atoms with van der Waals surface area (Å²) in [7, 11) is 0. The predicted octanol–water partition coefficient (Wildman–Crippen LogP) is 4.06. The summed E-state index contributed by atoms with van der Waals surface area (Å²) in [5.74, 6) is 0.419. The minimum Gasteiger partial charge on any atom is -0.487 e. The standard InChI is InChI=1S/C24H23N5O3/c30-23(12-13-25-24(31)28-18-7-2-1-3-8-18)27-19-9-6-10-21(15-19)32-17-20-16-29-14-5-4-11-22(29)26-20/h1-11,14-16H,12-13,17H2,(H,27,30)(H2,25,28,31). The van der Waals surface area contributed by atoms with E-state index in [1.165, 1.54) is 0 Å². The number of aromatic nitrogens is 2. The largest absolute Gasteiger partial charge is 0.487 e. The lowest BCUT2D eigenvalue weighted by molar-refractivity contribution is -0.116. The Morgan fingerprint density at radius 2 is 1.72 bits per heavy atom. The lowest BCUT2D eigenvalue weighted by Gasteiger charge is -2.09. The fourth-order valence-electron chi connectivity index (χ4n) is 3.09. The van der Waals surface area contributed by atoms with Gasteiger partial charge in [-0.2, -0.15) is 0 Å². The molecule has 32 heavy (non-hydrogen) atoms. The van der Waals surface area contributed by atoms with E-state index in [0.29, 0.717) is 23.7 Å². The van der Waals surface area contributed by atoms with Gasteiger partial charge in [0.2, 0.25) is 5.91 Å². The van der Waals surface area contributed by atoms with Crippen molar-refractivity contribution >= 4 is 29.0 Å². The molecule has 0 atom stereocenters. The topological polar surface area (TPSA) is 96.8 Å². The lowest BCUT2D eigenvalue weighted by Crippen LogP contribution is -2.31. The number of urea groups is 1. The average molecular weight is 429 g/mol. The monoisotopic (exact) mass is 429 g/mol. The lowest BCUT2D eigenvalue weighted by atomic mass is 10.3. The van der Waals surface area contributed by atoms with E-state index in [1.54, 1.807) is 30.3 Å². The van der Waals surface area contributed by atoms with Crippen LogP contribution in [0.1, 0.15) is 12.1 Å². The number of nitrogens with one attached hydrogen (secondary N) is 3. The van der Waals surface area contributed by atoms with E-state index in [0.717, 1.165) is 11.3 Å². The van der Waals surface area contributed by atoms with Gasteiger partial charge in [0.1, 0.15) is 18.0 Å². The van der Waals surface area contributed by atoms with Crippen molar-refractivity contribution in [1.29, 1.82) is 0 Å². The number of ether oxygens (including phenoxy) is 1. The summed E-state index contributed by atoms with van der Waals surface area (Å²) < 4.78 is 7.75. The zero-order valence-electron chi connectivity index (χ0n) is 17.3. The van der Waals surface area contributed by atoms with E-state index in [9.17, 15) is 9.59 Å². The fourth-order valence-corrected chi connectivity index (χ4v) is 3.09. The van der Waals surface area contributed by atoms with E-state index in [4.69, 9.17) is 4.74 Å². The molecule has 3 amide bonds. The molecule has 4 rings (SSSR count). The summed E-state index contributed by atoms with van der Waals surface area (Å²) in [5, 5.41) is 8.18. The Morgan fingerprint density at radius 1 is 0.906 bits per heavy atom. The second-order valence-electron chi connectivity index (χ2n) is 7.06. The third kappa shape index (κ3) is 5.85. The van der Waals surface area contributed by atoms with Gasteiger partial charge in [-0.05, 0) is 36.4 Å². The van der Waals surface area contributed by atoms with Gasteiger partial charge in [-0.15, -0.1) is 0 Å². The van der Waals surface area contributed by atoms with Crippen LogP contribution in [0.15, 0.2) is 85.2 Å². The van der Waals surface area contributed by atoms with Crippen LogP contribution in [0, 0.1) is 0 Å². The third-order valence-electron chi connectivity index (χ3n) is 4.59. The molecule has 2 aromatic heterocycles. The van der Waals surface area contributed by atoms with Gasteiger partial charge in [0.15, 0.2) is 0 Å². The summed E-state index contributed by atoms with van der Waals surface area (Å²) in [6, 6.07) is 21.7. The molecule has 8 heteroatoms. The van der Waals surface area contributed by atoms with Crippen molar-refractivity contribution in [3.8, 4) is 5.75 Å². The van der Waals surface area contributed by atoms with Crippen molar-refractivity contribution in [2.24, 2.45) is 0 Å². The molecular formula is C24H23N5O3. The number of pyridine rings is 1. The summed E-state index contributed by atoms with van der Waals surface area (Å²) in [6.45, 7) is 0.536. The molecule has 0 aliphatic rings. The number of carbonyl (C=O) groups excluding carboxylic acids is 2. The number of amides is 3. The Bertz CT molecular complexity index is 1170. The van der Waals surface area contributed by atoms with Crippen LogP contribution < -0.4 is 20.7 Å². The zero-order valence-corrected chi connectivity index (χ0v) is 17.3. The van der Waals surface area contributed by atoms with Gasteiger partial charge < -0.3 is 25.1 Å². The van der Waals surface area contributed by atoms with Crippen LogP contribution in [0.4, 0.5) is 16.2 Å². The number of benzene rings is 2. The number of fused-ring (bicyclic) bond motifs is 1. The number of hydrogen-bond acceptors (Lipinski definition) is 4. The first-order valence-electron chi connectivity index (χ1n) is 10.2. The number of para-hydroxylation sites is 1. The molecule has 0 fully saturated rings. The van der Waals surface area contributed by atoms with Gasteiger partial charge in [-0.25, -0.2) is 9.78 Å². The van der Waals surface area contributed by atoms with E-state index in [-0.39, 0.29) is 24.9 Å². The van der Waals surface area contributed by atoms with Gasteiger partial charge >= 0.3 is 6.03 Å². The fraction of sp³-hybridized carbons (Fsp3) is 0.125. The second kappa shape index (κ2) is 10.1. The summed E-state index contributed by atoms with van der Waals surface area (Å²) >= 11 is 0. The van der Waals surface area contributed by atoms with Crippen LogP contribution in [-0.4, -0.2) is 27.9 Å². The normalized spacial score (nSPS) is 10.5. The highest BCUT2D eigenvalue weighted by Crippen LogP contribution is 2.19. The molecule has 0 saturated heterocycles. The van der Waals surface area contributed by atoms with Crippen molar-refractivity contribution in [2.45, 2.75) is 13.0 Å². The average Bonchev–Trinajstić information content (AvgIpc) is 3.22. The van der Waals surface area contributed by atoms with E-state index in [1.807, 2.05) is 59.3 Å². The number of nitrogens with zero attached hydrogens (tertiary/aromatic N) is 2. The molecule has 0 aliphatic heterocycles. The van der Waals surface area contributed by atoms with Gasteiger partial charge in [-0.3, -0.25) is 4.79 Å². The highest BCUT2D eigenvalue weighted by atomic mass is 16.5. The highest BCUT2D eigenvalue weighted by Gasteiger charge is 2.07. The highest BCUT2D eigenvalue weighted by molar-refractivity contribution is 5.92. The molecule has 0 saturated carbocycles. The van der Waals surface area contributed by atoms with Crippen molar-refractivity contribution in [1.82, 2.24) is 14.7 Å². The van der Waals surface area contributed by atoms with Crippen LogP contribution in [-0.2, 0) is 11.4 Å². The maximum atomic E-state index is 12.2. The number of anilines is 2. The van der Waals surface area contributed by atoms with Crippen LogP contribution in [0.2, 0.25) is 0 Å². The van der Waals surface area contributed by atoms with Crippen LogP contribution in [0.3, 0.4) is 0 Å². The summed E-state index contributed by atoms with van der Waals surface area (Å²) in [6.07, 6.45) is 4.00. The van der Waals surface area contributed by atoms with Crippen molar-refractivity contribution in [3.05, 3.63) is 90.9 Å². The molecule has 0 unspecified atom stereocenters. The molecule has 8 nitrogen and oxygen atoms in total. The number of imidazole rings is 1. The Morgan fingerprint density at radius 3 is 2.56 bits per heavy atom. The number of carbonyl (C=O) groups is 2. The van der Waals surface area contributed by atoms with Gasteiger partial charge in [0.25, 0.3) is 0 Å². The first kappa shape index (κ1) is 20.9. The smallest absolute Gasteiger partial charge is 0.319 e. The van der Waals surface area contributed by atoms with Gasteiger partial charge in [0, 0.05) is 42.8 Å². The molecule has 3 N–H and O–H groups in total. The van der Waals surface area contributed by atoms with Crippen LogP contribution in [0.25, 0.3) is 5.65 Å². The van der Waals surface area contributed by atoms with Crippen molar-refractivity contribution < 1.29 is 14.3 Å². The molecular weight excluding hydrogens is 406 g/mol. The summed E-state index contributed by atoms with van der Waals surface area (Å²) in [5.41, 5.74) is 2.98. The minimum atomic E-state index is -0.355. The SMILES string of the molecule is O=C(CCNC(=O)Nc1ccccc1)Nc1cccc(OCc2cn3ccccc3n2)c1. The minimum absolute atomic E-state index is 0.147. The maximum absolute atomic E-state index is 12.2. The van der Waals surface area contributed by atoms with Crippen LogP contribution in [0.5, 0.6) is 5.75 Å². The first-order chi connectivity index (χ1) is 15.7. The third-order valence-corrected chi connectivity index (χ3v) is 4.59. The number of rotatable bonds is 8. The Hall–Kier alpha value is -4.33. The molecule has 0 bridgehead atoms. The first-order valence-corrected chi connectivity index (χ1v) is 10.2. The molecule has 162 valence electrons. The quantitative estimate of drug-likeness (QED) is 0.393. The Balaban J connectivity index is 1.22. The predicted molar refractivity (Wildman–Crippen MR) is 123 cm³/mol. The summed E-state index contributed by atoms with van der Waals surface area (Å²) in [4.78, 5) is 28.6. The van der Waals surface area contributed by atoms with E-state index in [2.05, 4.69) is 20.9 Å². The molecule has 4 aromatic rings. The van der Waals surface area contributed by atoms with Crippen molar-refractivity contribution in [3.63, 3.8) is 0 Å². The molecule has 0 aliphatic carbocycles. The molecule has 2 aromatic carbocycles. The number of hydrogen-bond donors (Lipinski definition) is 3. The molecule has 0 radical (unpaired) electrons. The molecule has 0 spiro atoms. The Labute approximate surface area is 185 Å². The van der Waals surface area contributed by atoms with E-state index >= 15 is 0 Å². The Kier molecular flexibility index (Phi) is 6.62. The van der Waals surface area contributed by atoms with Crippen LogP contribution >= 0.6 is 0 Å². The van der Waals surface area contributed by atoms with Crippen molar-refractivity contribution in [2.75, 3.05) is 17.2 Å². The van der Waals surface area contributed by atoms with Gasteiger partial charge in [-0.1, -0.05) is 30.3 Å². The van der Waals surface area contributed by atoms with Gasteiger partial charge in [0.05, 0.1) is 5.69 Å². The molecule has 2 heterocycles.